The van der Waals surface area contributed by atoms with Crippen LogP contribution < -0.4 is 19.1 Å². The van der Waals surface area contributed by atoms with E-state index in [0.29, 0.717) is 33.9 Å². The number of anilines is 1. The molecule has 0 fully saturated rings. The summed E-state index contributed by atoms with van der Waals surface area (Å²) in [6.07, 6.45) is -3.35. The highest BCUT2D eigenvalue weighted by molar-refractivity contribution is 7.92. The summed E-state index contributed by atoms with van der Waals surface area (Å²) in [5, 5.41) is 2.73. The van der Waals surface area contributed by atoms with Gasteiger partial charge in [0.15, 0.2) is 11.5 Å². The molecule has 176 valence electrons. The number of amides is 1. The van der Waals surface area contributed by atoms with Crippen molar-refractivity contribution >= 4 is 21.6 Å². The van der Waals surface area contributed by atoms with E-state index in [4.69, 9.17) is 9.47 Å². The van der Waals surface area contributed by atoms with Crippen LogP contribution in [0.2, 0.25) is 0 Å². The Morgan fingerprint density at radius 1 is 1.09 bits per heavy atom. The molecule has 0 radical (unpaired) electrons. The van der Waals surface area contributed by atoms with Crippen molar-refractivity contribution in [3.63, 3.8) is 0 Å². The number of alkyl halides is 3. The number of carbonyl (C=O) groups is 1. The molecule has 0 aromatic heterocycles. The Bertz CT molecular complexity index is 1060. The van der Waals surface area contributed by atoms with Crippen LogP contribution in [0.5, 0.6) is 11.5 Å². The molecule has 0 heterocycles. The Morgan fingerprint density at radius 2 is 1.75 bits per heavy atom. The lowest BCUT2D eigenvalue weighted by Crippen LogP contribution is -2.41. The van der Waals surface area contributed by atoms with Crippen LogP contribution in [0.25, 0.3) is 0 Å². The van der Waals surface area contributed by atoms with E-state index in [1.807, 2.05) is 6.92 Å². The molecule has 0 aliphatic rings. The highest BCUT2D eigenvalue weighted by Gasteiger charge is 2.32. The average molecular weight is 475 g/mol. The van der Waals surface area contributed by atoms with E-state index in [9.17, 15) is 26.4 Å². The van der Waals surface area contributed by atoms with E-state index in [0.717, 1.165) is 18.4 Å². The van der Waals surface area contributed by atoms with E-state index < -0.39 is 40.3 Å². The summed E-state index contributed by atoms with van der Waals surface area (Å²) in [5.74, 6) is 0.291. The number of sulfonamides is 1. The van der Waals surface area contributed by atoms with Crippen LogP contribution >= 0.6 is 0 Å². The molecule has 0 aliphatic carbocycles. The van der Waals surface area contributed by atoms with Crippen molar-refractivity contribution in [2.24, 2.45) is 0 Å². The van der Waals surface area contributed by atoms with Crippen LogP contribution in [-0.4, -0.2) is 41.3 Å². The van der Waals surface area contributed by atoms with Crippen LogP contribution in [0.15, 0.2) is 42.5 Å². The van der Waals surface area contributed by atoms with E-state index >= 15 is 0 Å². The summed E-state index contributed by atoms with van der Waals surface area (Å²) >= 11 is 0. The zero-order chi connectivity index (χ0) is 24.1. The topological polar surface area (TPSA) is 84.9 Å². The highest BCUT2D eigenvalue weighted by atomic mass is 32.2. The minimum atomic E-state index is -4.65. The second kappa shape index (κ2) is 10.1. The van der Waals surface area contributed by atoms with Gasteiger partial charge in [-0.25, -0.2) is 8.42 Å². The van der Waals surface area contributed by atoms with Gasteiger partial charge in [0, 0.05) is 0 Å². The van der Waals surface area contributed by atoms with Gasteiger partial charge >= 0.3 is 6.18 Å². The molecule has 0 bridgehead atoms. The molecule has 2 aromatic rings. The molecule has 2 rings (SSSR count). The molecule has 7 nitrogen and oxygen atoms in total. The molecular weight excluding hydrogens is 449 g/mol. The van der Waals surface area contributed by atoms with E-state index in [2.05, 4.69) is 5.32 Å². The van der Waals surface area contributed by atoms with Crippen LogP contribution in [0.1, 0.15) is 30.5 Å². The number of hydrogen-bond donors (Lipinski definition) is 1. The first-order valence-electron chi connectivity index (χ1n) is 9.57. The summed E-state index contributed by atoms with van der Waals surface area (Å²) in [6.45, 7) is 1.15. The van der Waals surface area contributed by atoms with Gasteiger partial charge in [0.1, 0.15) is 6.54 Å². The maximum atomic E-state index is 13.0. The third kappa shape index (κ3) is 6.28. The molecule has 11 heteroatoms. The van der Waals surface area contributed by atoms with E-state index in [-0.39, 0.29) is 5.69 Å². The second-order valence-corrected chi connectivity index (χ2v) is 8.87. The SMILES string of the molecule is CCC(NC(=O)CN(c1cccc(C(F)(F)F)c1)S(C)(=O)=O)c1ccc(OC)c(OC)c1. The third-order valence-corrected chi connectivity index (χ3v) is 5.84. The van der Waals surface area contributed by atoms with Crippen LogP contribution in [0, 0.1) is 0 Å². The van der Waals surface area contributed by atoms with Crippen molar-refractivity contribution in [1.29, 1.82) is 0 Å². The van der Waals surface area contributed by atoms with Crippen molar-refractivity contribution in [3.8, 4) is 11.5 Å². The number of benzene rings is 2. The predicted molar refractivity (Wildman–Crippen MR) is 114 cm³/mol. The number of rotatable bonds is 9. The largest absolute Gasteiger partial charge is 0.493 e. The van der Waals surface area contributed by atoms with Gasteiger partial charge in [-0.2, -0.15) is 13.2 Å². The van der Waals surface area contributed by atoms with Gasteiger partial charge in [0.25, 0.3) is 0 Å². The molecule has 1 unspecified atom stereocenters. The Hall–Kier alpha value is -2.95. The second-order valence-electron chi connectivity index (χ2n) is 6.96. The van der Waals surface area contributed by atoms with E-state index in [1.54, 1.807) is 18.2 Å². The lowest BCUT2D eigenvalue weighted by Gasteiger charge is -2.25. The molecule has 2 aromatic carbocycles. The number of methoxy groups -OCH3 is 2. The number of hydrogen-bond acceptors (Lipinski definition) is 5. The smallest absolute Gasteiger partial charge is 0.416 e. The molecule has 1 atom stereocenters. The number of halogens is 3. The maximum absolute atomic E-state index is 13.0. The molecule has 0 spiro atoms. The number of ether oxygens (including phenoxy) is 2. The highest BCUT2D eigenvalue weighted by Crippen LogP contribution is 2.33. The van der Waals surface area contributed by atoms with Crippen molar-refractivity contribution in [3.05, 3.63) is 53.6 Å². The van der Waals surface area contributed by atoms with Gasteiger partial charge in [0.2, 0.25) is 15.9 Å². The van der Waals surface area contributed by atoms with Crippen molar-refractivity contribution in [1.82, 2.24) is 5.32 Å². The first-order valence-corrected chi connectivity index (χ1v) is 11.4. The Balaban J connectivity index is 2.27. The van der Waals surface area contributed by atoms with Gasteiger partial charge in [0.05, 0.1) is 37.8 Å². The zero-order valence-electron chi connectivity index (χ0n) is 18.1. The predicted octanol–water partition coefficient (Wildman–Crippen LogP) is 3.76. The number of carbonyl (C=O) groups excluding carboxylic acids is 1. The first-order chi connectivity index (χ1) is 14.9. The monoisotopic (exact) mass is 474 g/mol. The quantitative estimate of drug-likeness (QED) is 0.598. The lowest BCUT2D eigenvalue weighted by atomic mass is 10.0. The van der Waals surface area contributed by atoms with Gasteiger partial charge in [-0.15, -0.1) is 0 Å². The van der Waals surface area contributed by atoms with Gasteiger partial charge in [-0.3, -0.25) is 9.10 Å². The fourth-order valence-corrected chi connectivity index (χ4v) is 3.95. The molecule has 32 heavy (non-hydrogen) atoms. The van der Waals surface area contributed by atoms with Crippen molar-refractivity contribution in [2.45, 2.75) is 25.6 Å². The molecule has 1 amide bonds. The summed E-state index contributed by atoms with van der Waals surface area (Å²) < 4.78 is 74.7. The number of nitrogens with zero attached hydrogens (tertiary/aromatic N) is 1. The maximum Gasteiger partial charge on any atom is 0.416 e. The van der Waals surface area contributed by atoms with Gasteiger partial charge in [-0.1, -0.05) is 19.1 Å². The Kier molecular flexibility index (Phi) is 8.00. The normalized spacial score (nSPS) is 12.7. The zero-order valence-corrected chi connectivity index (χ0v) is 18.9. The standard InChI is InChI=1S/C21H25F3N2O5S/c1-5-17(14-9-10-18(30-2)19(11-14)31-3)25-20(27)13-26(32(4,28)29)16-8-6-7-15(12-16)21(22,23)24/h6-12,17H,5,13H2,1-4H3,(H,25,27). The molecule has 0 saturated carbocycles. The lowest BCUT2D eigenvalue weighted by molar-refractivity contribution is -0.137. The Labute approximate surface area is 185 Å². The van der Waals surface area contributed by atoms with Gasteiger partial charge < -0.3 is 14.8 Å². The third-order valence-electron chi connectivity index (χ3n) is 4.70. The first kappa shape index (κ1) is 25.3. The summed E-state index contributed by atoms with van der Waals surface area (Å²) in [7, 11) is -1.07. The fourth-order valence-electron chi connectivity index (χ4n) is 3.10. The van der Waals surface area contributed by atoms with Crippen LogP contribution in [-0.2, 0) is 21.0 Å². The average Bonchev–Trinajstić information content (AvgIpc) is 2.74. The molecule has 0 aliphatic heterocycles. The summed E-state index contributed by atoms with van der Waals surface area (Å²) in [6, 6.07) is 8.43. The summed E-state index contributed by atoms with van der Waals surface area (Å²) in [5.41, 5.74) is -0.569. The summed E-state index contributed by atoms with van der Waals surface area (Å²) in [4.78, 5) is 12.7. The van der Waals surface area contributed by atoms with Crippen molar-refractivity contribution < 1.29 is 35.9 Å². The minimum absolute atomic E-state index is 0.253. The minimum Gasteiger partial charge on any atom is -0.493 e. The molecular formula is C21H25F3N2O5S. The van der Waals surface area contributed by atoms with Crippen LogP contribution in [0.4, 0.5) is 18.9 Å². The van der Waals surface area contributed by atoms with E-state index in [1.165, 1.54) is 20.3 Å². The fraction of sp³-hybridized carbons (Fsp3) is 0.381. The van der Waals surface area contributed by atoms with Crippen LogP contribution in [0.3, 0.4) is 0 Å². The molecule has 1 N–H and O–H groups in total. The molecule has 0 saturated heterocycles. The number of nitrogens with one attached hydrogen (secondary N) is 1. The Morgan fingerprint density at radius 3 is 2.28 bits per heavy atom. The van der Waals surface area contributed by atoms with Crippen molar-refractivity contribution in [2.75, 3.05) is 31.3 Å². The van der Waals surface area contributed by atoms with Gasteiger partial charge in [-0.05, 0) is 42.3 Å².